The smallest absolute Gasteiger partial charge is 0.275 e. The van der Waals surface area contributed by atoms with Gasteiger partial charge in [-0.15, -0.1) is 0 Å². The zero-order valence-corrected chi connectivity index (χ0v) is 14.9. The summed E-state index contributed by atoms with van der Waals surface area (Å²) in [5.74, 6) is 0.958. The summed E-state index contributed by atoms with van der Waals surface area (Å²) < 4.78 is 0. The molecule has 3 heteroatoms. The number of carbonyl (C=O) groups excluding carboxylic acids is 1. The Morgan fingerprint density at radius 1 is 0.920 bits per heavy atom. The standard InChI is InChI=1S/C22H28N2O/c25-22(23-14-11-19-7-3-1-4-8-19)18-24-15-12-21(13-16-24)17-20-9-5-2-6-10-20/h1-10,21H,11-18H2,(H,23,25)/p+1. The van der Waals surface area contributed by atoms with Crippen molar-refractivity contribution in [1.82, 2.24) is 5.32 Å². The predicted octanol–water partition coefficient (Wildman–Crippen LogP) is 1.88. The van der Waals surface area contributed by atoms with Crippen LogP contribution < -0.4 is 10.2 Å². The first-order valence-electron chi connectivity index (χ1n) is 9.48. The lowest BCUT2D eigenvalue weighted by atomic mass is 9.90. The van der Waals surface area contributed by atoms with Crippen LogP contribution in [0, 0.1) is 5.92 Å². The zero-order valence-electron chi connectivity index (χ0n) is 14.9. The molecule has 0 unspecified atom stereocenters. The lowest BCUT2D eigenvalue weighted by Crippen LogP contribution is -3.14. The van der Waals surface area contributed by atoms with Crippen LogP contribution in [0.15, 0.2) is 60.7 Å². The van der Waals surface area contributed by atoms with Gasteiger partial charge >= 0.3 is 0 Å². The van der Waals surface area contributed by atoms with E-state index in [1.165, 1.54) is 35.3 Å². The second-order valence-electron chi connectivity index (χ2n) is 7.15. The van der Waals surface area contributed by atoms with Crippen molar-refractivity contribution in [3.05, 3.63) is 71.8 Å². The molecule has 3 nitrogen and oxygen atoms in total. The minimum absolute atomic E-state index is 0.187. The number of piperidine rings is 1. The molecule has 0 aromatic heterocycles. The SMILES string of the molecule is O=C(C[NH+]1CCC(Cc2ccccc2)CC1)NCCc1ccccc1. The summed E-state index contributed by atoms with van der Waals surface area (Å²) in [6, 6.07) is 21.1. The Morgan fingerprint density at radius 2 is 1.52 bits per heavy atom. The van der Waals surface area contributed by atoms with Gasteiger partial charge in [-0.25, -0.2) is 0 Å². The fourth-order valence-electron chi connectivity index (χ4n) is 3.69. The largest absolute Gasteiger partial charge is 0.351 e. The molecule has 1 aliphatic heterocycles. The van der Waals surface area contributed by atoms with E-state index in [1.807, 2.05) is 18.2 Å². The zero-order chi connectivity index (χ0) is 17.3. The summed E-state index contributed by atoms with van der Waals surface area (Å²) in [6.07, 6.45) is 4.53. The first-order valence-corrected chi connectivity index (χ1v) is 9.48. The molecule has 0 spiro atoms. The maximum Gasteiger partial charge on any atom is 0.275 e. The minimum Gasteiger partial charge on any atom is -0.351 e. The van der Waals surface area contributed by atoms with Gasteiger partial charge in [-0.05, 0) is 42.7 Å². The van der Waals surface area contributed by atoms with E-state index < -0.39 is 0 Å². The van der Waals surface area contributed by atoms with E-state index in [0.717, 1.165) is 32.0 Å². The number of quaternary nitrogens is 1. The number of rotatable bonds is 7. The van der Waals surface area contributed by atoms with Crippen molar-refractivity contribution >= 4 is 5.91 Å². The summed E-state index contributed by atoms with van der Waals surface area (Å²) in [5, 5.41) is 3.07. The Balaban J connectivity index is 1.32. The molecule has 0 atom stereocenters. The van der Waals surface area contributed by atoms with Gasteiger partial charge in [0, 0.05) is 6.54 Å². The number of nitrogens with one attached hydrogen (secondary N) is 2. The van der Waals surface area contributed by atoms with Crippen molar-refractivity contribution in [2.24, 2.45) is 5.92 Å². The molecule has 25 heavy (non-hydrogen) atoms. The summed E-state index contributed by atoms with van der Waals surface area (Å²) in [6.45, 7) is 3.58. The summed E-state index contributed by atoms with van der Waals surface area (Å²) in [5.41, 5.74) is 2.71. The molecule has 1 saturated heterocycles. The highest BCUT2D eigenvalue weighted by Gasteiger charge is 2.23. The Labute approximate surface area is 151 Å². The molecule has 3 rings (SSSR count). The maximum atomic E-state index is 12.1. The van der Waals surface area contributed by atoms with Crippen LogP contribution in [0.5, 0.6) is 0 Å². The Bertz CT molecular complexity index is 634. The van der Waals surface area contributed by atoms with Gasteiger partial charge in [0.2, 0.25) is 0 Å². The molecular weight excluding hydrogens is 308 g/mol. The molecule has 1 aliphatic rings. The molecule has 2 N–H and O–H groups in total. The highest BCUT2D eigenvalue weighted by atomic mass is 16.2. The third-order valence-electron chi connectivity index (χ3n) is 5.17. The van der Waals surface area contributed by atoms with Crippen LogP contribution in [0.2, 0.25) is 0 Å². The van der Waals surface area contributed by atoms with Gasteiger partial charge in [-0.1, -0.05) is 60.7 Å². The molecule has 2 aromatic rings. The fourth-order valence-corrected chi connectivity index (χ4v) is 3.69. The van der Waals surface area contributed by atoms with Crippen molar-refractivity contribution in [3.8, 4) is 0 Å². The first kappa shape index (κ1) is 17.7. The predicted molar refractivity (Wildman–Crippen MR) is 102 cm³/mol. The monoisotopic (exact) mass is 337 g/mol. The Hall–Kier alpha value is -2.13. The average molecular weight is 337 g/mol. The topological polar surface area (TPSA) is 33.5 Å². The average Bonchev–Trinajstić information content (AvgIpc) is 2.65. The van der Waals surface area contributed by atoms with Crippen molar-refractivity contribution in [2.45, 2.75) is 25.7 Å². The summed E-state index contributed by atoms with van der Waals surface area (Å²) in [7, 11) is 0. The van der Waals surface area contributed by atoms with Gasteiger partial charge in [0.25, 0.3) is 5.91 Å². The summed E-state index contributed by atoms with van der Waals surface area (Å²) in [4.78, 5) is 13.6. The molecule has 0 radical (unpaired) electrons. The van der Waals surface area contributed by atoms with E-state index in [-0.39, 0.29) is 5.91 Å². The minimum atomic E-state index is 0.187. The van der Waals surface area contributed by atoms with E-state index in [1.54, 1.807) is 0 Å². The van der Waals surface area contributed by atoms with E-state index >= 15 is 0 Å². The third kappa shape index (κ3) is 6.02. The van der Waals surface area contributed by atoms with E-state index in [0.29, 0.717) is 6.54 Å². The van der Waals surface area contributed by atoms with Gasteiger partial charge < -0.3 is 10.2 Å². The van der Waals surface area contributed by atoms with Gasteiger partial charge in [0.1, 0.15) is 0 Å². The van der Waals surface area contributed by atoms with Crippen LogP contribution in [0.3, 0.4) is 0 Å². The lowest BCUT2D eigenvalue weighted by Gasteiger charge is -2.29. The quantitative estimate of drug-likeness (QED) is 0.795. The second-order valence-corrected chi connectivity index (χ2v) is 7.15. The van der Waals surface area contributed by atoms with Gasteiger partial charge in [-0.2, -0.15) is 0 Å². The van der Waals surface area contributed by atoms with Crippen molar-refractivity contribution < 1.29 is 9.69 Å². The number of hydrogen-bond acceptors (Lipinski definition) is 1. The van der Waals surface area contributed by atoms with Crippen LogP contribution in [0.4, 0.5) is 0 Å². The molecule has 132 valence electrons. The normalized spacial score (nSPS) is 20.2. The number of benzene rings is 2. The van der Waals surface area contributed by atoms with E-state index in [2.05, 4.69) is 47.8 Å². The van der Waals surface area contributed by atoms with Crippen LogP contribution in [-0.4, -0.2) is 32.1 Å². The molecule has 1 amide bonds. The molecule has 0 aliphatic carbocycles. The van der Waals surface area contributed by atoms with Crippen molar-refractivity contribution in [3.63, 3.8) is 0 Å². The molecule has 2 aromatic carbocycles. The van der Waals surface area contributed by atoms with Crippen molar-refractivity contribution in [2.75, 3.05) is 26.2 Å². The number of hydrogen-bond donors (Lipinski definition) is 2. The summed E-state index contributed by atoms with van der Waals surface area (Å²) >= 11 is 0. The van der Waals surface area contributed by atoms with Crippen LogP contribution >= 0.6 is 0 Å². The number of amides is 1. The Kier molecular flexibility index (Phi) is 6.63. The van der Waals surface area contributed by atoms with Crippen LogP contribution in [0.1, 0.15) is 24.0 Å². The highest BCUT2D eigenvalue weighted by Crippen LogP contribution is 2.16. The van der Waals surface area contributed by atoms with E-state index in [4.69, 9.17) is 0 Å². The number of carbonyl (C=O) groups is 1. The van der Waals surface area contributed by atoms with Crippen LogP contribution in [0.25, 0.3) is 0 Å². The third-order valence-corrected chi connectivity index (χ3v) is 5.17. The maximum absolute atomic E-state index is 12.1. The van der Waals surface area contributed by atoms with Gasteiger partial charge in [0.15, 0.2) is 6.54 Å². The number of likely N-dealkylation sites (tertiary alicyclic amines) is 1. The molecule has 0 saturated carbocycles. The van der Waals surface area contributed by atoms with E-state index in [9.17, 15) is 4.79 Å². The van der Waals surface area contributed by atoms with Gasteiger partial charge in [-0.3, -0.25) is 4.79 Å². The fraction of sp³-hybridized carbons (Fsp3) is 0.409. The molecule has 1 heterocycles. The molecule has 0 bridgehead atoms. The van der Waals surface area contributed by atoms with Crippen LogP contribution in [-0.2, 0) is 17.6 Å². The first-order chi connectivity index (χ1) is 12.3. The Morgan fingerprint density at radius 3 is 2.16 bits per heavy atom. The second kappa shape index (κ2) is 9.38. The molecule has 1 fully saturated rings. The van der Waals surface area contributed by atoms with Gasteiger partial charge in [0.05, 0.1) is 13.1 Å². The highest BCUT2D eigenvalue weighted by molar-refractivity contribution is 5.76. The lowest BCUT2D eigenvalue weighted by molar-refractivity contribution is -0.898. The van der Waals surface area contributed by atoms with Crippen molar-refractivity contribution in [1.29, 1.82) is 0 Å². The molecular formula is C22H29N2O+.